The van der Waals surface area contributed by atoms with Crippen molar-refractivity contribution in [2.24, 2.45) is 11.8 Å². The number of ether oxygens (including phenoxy) is 1. The summed E-state index contributed by atoms with van der Waals surface area (Å²) in [6.45, 7) is 9.65. The van der Waals surface area contributed by atoms with Gasteiger partial charge < -0.3 is 9.84 Å². The van der Waals surface area contributed by atoms with E-state index in [1.165, 1.54) is 5.57 Å². The molecule has 134 valence electrons. The number of aliphatic hydroxyl groups is 1. The van der Waals surface area contributed by atoms with Crippen LogP contribution in [0, 0.1) is 11.8 Å². The molecule has 4 nitrogen and oxygen atoms in total. The SMILES string of the molecule is C=C1C(=O)O[C@H]2C[C@@H]1C(=O)CC(C)CCCC(C)=CCC[C@@]2(C)O. The second kappa shape index (κ2) is 7.64. The topological polar surface area (TPSA) is 63.6 Å². The molecule has 2 bridgehead atoms. The first-order valence-electron chi connectivity index (χ1n) is 9.01. The van der Waals surface area contributed by atoms with Crippen molar-refractivity contribution in [3.63, 3.8) is 0 Å². The Kier molecular flexibility index (Phi) is 6.02. The van der Waals surface area contributed by atoms with Gasteiger partial charge in [0, 0.05) is 18.4 Å². The van der Waals surface area contributed by atoms with Gasteiger partial charge in [0.2, 0.25) is 0 Å². The number of Topliss-reactive ketones (excluding diaryl/α,β-unsaturated/α-hetero) is 1. The second-order valence-corrected chi connectivity index (χ2v) is 7.82. The van der Waals surface area contributed by atoms with Crippen molar-refractivity contribution in [2.75, 3.05) is 0 Å². The molecule has 0 aromatic rings. The van der Waals surface area contributed by atoms with Crippen LogP contribution in [0.2, 0.25) is 0 Å². The Morgan fingerprint density at radius 1 is 1.38 bits per heavy atom. The van der Waals surface area contributed by atoms with Gasteiger partial charge in [0.25, 0.3) is 0 Å². The van der Waals surface area contributed by atoms with Crippen LogP contribution in [-0.4, -0.2) is 28.6 Å². The zero-order valence-electron chi connectivity index (χ0n) is 15.1. The molecule has 0 saturated carbocycles. The van der Waals surface area contributed by atoms with Crippen molar-refractivity contribution in [3.8, 4) is 0 Å². The Labute approximate surface area is 145 Å². The van der Waals surface area contributed by atoms with Crippen molar-refractivity contribution < 1.29 is 19.4 Å². The molecule has 0 aromatic carbocycles. The molecule has 4 heteroatoms. The van der Waals surface area contributed by atoms with E-state index in [2.05, 4.69) is 26.5 Å². The van der Waals surface area contributed by atoms with Crippen molar-refractivity contribution in [3.05, 3.63) is 23.8 Å². The maximum Gasteiger partial charge on any atom is 0.334 e. The number of carbonyl (C=O) groups is 2. The van der Waals surface area contributed by atoms with Crippen LogP contribution in [0.3, 0.4) is 0 Å². The Morgan fingerprint density at radius 2 is 2.08 bits per heavy atom. The smallest absolute Gasteiger partial charge is 0.334 e. The van der Waals surface area contributed by atoms with Gasteiger partial charge >= 0.3 is 5.97 Å². The number of carbonyl (C=O) groups excluding carboxylic acids is 2. The van der Waals surface area contributed by atoms with E-state index in [9.17, 15) is 14.7 Å². The Hall–Kier alpha value is -1.42. The molecule has 1 aliphatic carbocycles. The van der Waals surface area contributed by atoms with E-state index >= 15 is 0 Å². The molecule has 24 heavy (non-hydrogen) atoms. The van der Waals surface area contributed by atoms with Gasteiger partial charge in [0.05, 0.1) is 11.5 Å². The maximum atomic E-state index is 12.7. The van der Waals surface area contributed by atoms with Crippen molar-refractivity contribution >= 4 is 11.8 Å². The van der Waals surface area contributed by atoms with Gasteiger partial charge in [-0.05, 0) is 51.9 Å². The quantitative estimate of drug-likeness (QED) is 0.416. The monoisotopic (exact) mass is 334 g/mol. The Balaban J connectivity index is 2.25. The van der Waals surface area contributed by atoms with E-state index in [-0.39, 0.29) is 17.3 Å². The lowest BCUT2D eigenvalue weighted by molar-refractivity contribution is -0.169. The van der Waals surface area contributed by atoms with Gasteiger partial charge in [0.15, 0.2) is 0 Å². The third kappa shape index (κ3) is 4.56. The molecule has 1 N–H and O–H groups in total. The minimum Gasteiger partial charge on any atom is -0.456 e. The molecule has 0 radical (unpaired) electrons. The molecule has 0 aromatic heterocycles. The van der Waals surface area contributed by atoms with E-state index in [1.54, 1.807) is 6.92 Å². The average molecular weight is 334 g/mol. The summed E-state index contributed by atoms with van der Waals surface area (Å²) in [6.07, 6.45) is 6.63. The van der Waals surface area contributed by atoms with Crippen LogP contribution in [0.4, 0.5) is 0 Å². The highest BCUT2D eigenvalue weighted by atomic mass is 16.6. The van der Waals surface area contributed by atoms with Crippen LogP contribution in [-0.2, 0) is 14.3 Å². The molecule has 2 aliphatic rings. The van der Waals surface area contributed by atoms with Crippen LogP contribution in [0.25, 0.3) is 0 Å². The number of rotatable bonds is 0. The zero-order chi connectivity index (χ0) is 17.9. The molecule has 1 fully saturated rings. The molecule has 4 atom stereocenters. The lowest BCUT2D eigenvalue weighted by atomic mass is 9.78. The summed E-state index contributed by atoms with van der Waals surface area (Å²) < 4.78 is 5.39. The van der Waals surface area contributed by atoms with E-state index in [4.69, 9.17) is 4.74 Å². The first kappa shape index (κ1) is 18.9. The van der Waals surface area contributed by atoms with Crippen molar-refractivity contribution in [1.82, 2.24) is 0 Å². The average Bonchev–Trinajstić information content (AvgIpc) is 2.48. The van der Waals surface area contributed by atoms with E-state index in [0.29, 0.717) is 19.3 Å². The highest BCUT2D eigenvalue weighted by Gasteiger charge is 2.44. The van der Waals surface area contributed by atoms with Gasteiger partial charge in [-0.15, -0.1) is 0 Å². The first-order valence-corrected chi connectivity index (χ1v) is 9.01. The van der Waals surface area contributed by atoms with Gasteiger partial charge in [-0.25, -0.2) is 4.79 Å². The number of fused-ring (bicyclic) bond motifs is 2. The van der Waals surface area contributed by atoms with Gasteiger partial charge in [-0.2, -0.15) is 0 Å². The predicted molar refractivity (Wildman–Crippen MR) is 93.4 cm³/mol. The number of hydrogen-bond acceptors (Lipinski definition) is 4. The normalized spacial score (nSPS) is 36.6. The summed E-state index contributed by atoms with van der Waals surface area (Å²) in [5.74, 6) is -0.728. The Morgan fingerprint density at radius 3 is 2.79 bits per heavy atom. The second-order valence-electron chi connectivity index (χ2n) is 7.82. The molecule has 1 heterocycles. The Bertz CT molecular complexity index is 544. The number of allylic oxidation sites excluding steroid dienone is 2. The molecular weight excluding hydrogens is 304 g/mol. The summed E-state index contributed by atoms with van der Waals surface area (Å²) in [4.78, 5) is 24.8. The maximum absolute atomic E-state index is 12.7. The summed E-state index contributed by atoms with van der Waals surface area (Å²) >= 11 is 0. The van der Waals surface area contributed by atoms with Gasteiger partial charge in [-0.3, -0.25) is 4.79 Å². The third-order valence-electron chi connectivity index (χ3n) is 5.43. The minimum atomic E-state index is -1.14. The van der Waals surface area contributed by atoms with Crippen LogP contribution in [0.15, 0.2) is 23.8 Å². The van der Waals surface area contributed by atoms with Crippen LogP contribution < -0.4 is 0 Å². The summed E-state index contributed by atoms with van der Waals surface area (Å²) in [6, 6.07) is 0. The lowest BCUT2D eigenvalue weighted by Crippen LogP contribution is -2.48. The van der Waals surface area contributed by atoms with Gasteiger partial charge in [-0.1, -0.05) is 25.2 Å². The lowest BCUT2D eigenvalue weighted by Gasteiger charge is -2.38. The molecule has 1 unspecified atom stereocenters. The zero-order valence-corrected chi connectivity index (χ0v) is 15.1. The molecule has 0 amide bonds. The summed E-state index contributed by atoms with van der Waals surface area (Å²) in [5.41, 5.74) is 0.414. The number of hydrogen-bond donors (Lipinski definition) is 1. The largest absolute Gasteiger partial charge is 0.456 e. The first-order chi connectivity index (χ1) is 11.2. The molecule has 0 spiro atoms. The van der Waals surface area contributed by atoms with Crippen LogP contribution >= 0.6 is 0 Å². The fourth-order valence-electron chi connectivity index (χ4n) is 3.65. The van der Waals surface area contributed by atoms with E-state index < -0.39 is 23.6 Å². The molecule has 2 rings (SSSR count). The fraction of sp³-hybridized carbons (Fsp3) is 0.700. The highest BCUT2D eigenvalue weighted by molar-refractivity contribution is 5.98. The van der Waals surface area contributed by atoms with E-state index in [1.807, 2.05) is 0 Å². The standard InChI is InChI=1S/C20H30O4/c1-13-7-5-8-14(2)11-17(21)16-12-18(24-19(22)15(16)3)20(4,23)10-6-9-13/h9,14,16,18,23H,3,5-8,10-12H2,1-2,4H3/t14?,16-,18-,20+/m0/s1. The van der Waals surface area contributed by atoms with Crippen LogP contribution in [0.5, 0.6) is 0 Å². The highest BCUT2D eigenvalue weighted by Crippen LogP contribution is 2.35. The molecule has 1 saturated heterocycles. The number of ketones is 1. The van der Waals surface area contributed by atoms with Crippen molar-refractivity contribution in [2.45, 2.75) is 77.4 Å². The predicted octanol–water partition coefficient (Wildman–Crippen LogP) is 3.73. The summed E-state index contributed by atoms with van der Waals surface area (Å²) in [5, 5.41) is 10.8. The van der Waals surface area contributed by atoms with E-state index in [0.717, 1.165) is 25.7 Å². The van der Waals surface area contributed by atoms with Gasteiger partial charge in [0.1, 0.15) is 11.9 Å². The van der Waals surface area contributed by atoms with Crippen LogP contribution in [0.1, 0.15) is 65.7 Å². The fourth-order valence-corrected chi connectivity index (χ4v) is 3.65. The molecule has 1 aliphatic heterocycles. The third-order valence-corrected chi connectivity index (χ3v) is 5.43. The molecular formula is C20H30O4. The number of esters is 1. The summed E-state index contributed by atoms with van der Waals surface area (Å²) in [7, 11) is 0. The van der Waals surface area contributed by atoms with Crippen molar-refractivity contribution in [1.29, 1.82) is 0 Å². The minimum absolute atomic E-state index is 0.0503.